The van der Waals surface area contributed by atoms with Crippen molar-refractivity contribution in [1.29, 1.82) is 0 Å². The van der Waals surface area contributed by atoms with Crippen LogP contribution in [0.1, 0.15) is 46.5 Å². The average molecular weight is 420 g/mol. The molecule has 0 unspecified atom stereocenters. The predicted octanol–water partition coefficient (Wildman–Crippen LogP) is 4.47. The zero-order valence-corrected chi connectivity index (χ0v) is 18.4. The summed E-state index contributed by atoms with van der Waals surface area (Å²) in [4.78, 5) is 27.0. The van der Waals surface area contributed by atoms with Crippen molar-refractivity contribution in [1.82, 2.24) is 4.90 Å². The topological polar surface area (TPSA) is 85.2 Å². The second kappa shape index (κ2) is 9.10. The number of piperidine rings is 2. The normalized spacial score (nSPS) is 18.9. The van der Waals surface area contributed by atoms with Gasteiger partial charge in [-0.2, -0.15) is 0 Å². The summed E-state index contributed by atoms with van der Waals surface area (Å²) in [7, 11) is 1.55. The van der Waals surface area contributed by atoms with Crippen molar-refractivity contribution in [2.75, 3.05) is 38.2 Å². The molecule has 0 aromatic heterocycles. The summed E-state index contributed by atoms with van der Waals surface area (Å²) < 4.78 is 10.9. The third-order valence-corrected chi connectivity index (χ3v) is 6.11. The molecule has 0 saturated carbocycles. The van der Waals surface area contributed by atoms with Crippen molar-refractivity contribution in [3.8, 4) is 5.75 Å². The molecule has 1 aromatic rings. The van der Waals surface area contributed by atoms with Crippen LogP contribution in [0.15, 0.2) is 18.2 Å². The van der Waals surface area contributed by atoms with Crippen LogP contribution in [0.5, 0.6) is 5.75 Å². The Labute approximate surface area is 178 Å². The lowest BCUT2D eigenvalue weighted by Gasteiger charge is -2.41. The van der Waals surface area contributed by atoms with Crippen LogP contribution in [-0.4, -0.2) is 54.8 Å². The maximum atomic E-state index is 12.3. The van der Waals surface area contributed by atoms with Crippen LogP contribution in [-0.2, 0) is 4.74 Å². The molecule has 2 aliphatic heterocycles. The van der Waals surface area contributed by atoms with Gasteiger partial charge in [0.2, 0.25) is 0 Å². The van der Waals surface area contributed by atoms with E-state index in [1.54, 1.807) is 13.2 Å². The van der Waals surface area contributed by atoms with E-state index in [0.29, 0.717) is 17.6 Å². The Morgan fingerprint density at radius 2 is 1.63 bits per heavy atom. The summed E-state index contributed by atoms with van der Waals surface area (Å²) >= 11 is 0. The first-order valence-electron chi connectivity index (χ1n) is 10.7. The Hall–Kier alpha value is -2.51. The molecule has 0 radical (unpaired) electrons. The predicted molar refractivity (Wildman–Crippen MR) is 115 cm³/mol. The number of carbonyl (C=O) groups is 1. The number of likely N-dealkylation sites (tertiary alicyclic amines) is 1. The highest BCUT2D eigenvalue weighted by Gasteiger charge is 2.33. The Bertz CT molecular complexity index is 761. The van der Waals surface area contributed by atoms with Gasteiger partial charge in [0, 0.05) is 32.2 Å². The fraction of sp³-hybridized carbons (Fsp3) is 0.682. The van der Waals surface area contributed by atoms with Gasteiger partial charge in [-0.3, -0.25) is 10.1 Å². The van der Waals surface area contributed by atoms with Crippen molar-refractivity contribution >= 4 is 17.5 Å². The molecule has 1 amide bonds. The average Bonchev–Trinajstić information content (AvgIpc) is 2.72. The van der Waals surface area contributed by atoms with Crippen molar-refractivity contribution in [2.45, 2.75) is 52.1 Å². The molecular weight excluding hydrogens is 386 g/mol. The summed E-state index contributed by atoms with van der Waals surface area (Å²) in [6, 6.07) is 4.82. The number of hydrogen-bond donors (Lipinski definition) is 0. The number of benzene rings is 1. The Morgan fingerprint density at radius 1 is 1.07 bits per heavy atom. The lowest BCUT2D eigenvalue weighted by molar-refractivity contribution is -0.384. The number of rotatable bonds is 4. The van der Waals surface area contributed by atoms with E-state index in [0.717, 1.165) is 57.5 Å². The van der Waals surface area contributed by atoms with Crippen LogP contribution < -0.4 is 9.64 Å². The number of non-ortho nitro benzene ring substituents is 1. The standard InChI is InChI=1S/C22H33N3O5/c1-22(2,3)30-21(26)24-13-9-17(10-14-24)16-7-11-23(12-8-16)19-6-5-18(25(27)28)15-20(19)29-4/h5-6,15-17H,7-14H2,1-4H3. The molecule has 2 heterocycles. The number of nitro benzene ring substituents is 1. The van der Waals surface area contributed by atoms with Gasteiger partial charge < -0.3 is 19.3 Å². The first-order valence-corrected chi connectivity index (χ1v) is 10.7. The van der Waals surface area contributed by atoms with E-state index in [4.69, 9.17) is 9.47 Å². The molecule has 0 N–H and O–H groups in total. The third kappa shape index (κ3) is 5.34. The second-order valence-corrected chi connectivity index (χ2v) is 9.24. The Balaban J connectivity index is 1.52. The van der Waals surface area contributed by atoms with Crippen molar-refractivity contribution in [2.24, 2.45) is 11.8 Å². The number of amides is 1. The fourth-order valence-corrected chi connectivity index (χ4v) is 4.53. The van der Waals surface area contributed by atoms with Crippen LogP contribution in [0.25, 0.3) is 0 Å². The molecule has 166 valence electrons. The van der Waals surface area contributed by atoms with E-state index >= 15 is 0 Å². The molecule has 0 atom stereocenters. The first-order chi connectivity index (χ1) is 14.2. The van der Waals surface area contributed by atoms with Gasteiger partial charge in [0.1, 0.15) is 11.4 Å². The molecule has 3 rings (SSSR count). The molecule has 2 saturated heterocycles. The number of nitrogens with zero attached hydrogens (tertiary/aromatic N) is 3. The lowest BCUT2D eigenvalue weighted by Crippen LogP contribution is -2.44. The number of methoxy groups -OCH3 is 1. The maximum Gasteiger partial charge on any atom is 0.410 e. The highest BCUT2D eigenvalue weighted by Crippen LogP contribution is 2.38. The van der Waals surface area contributed by atoms with Crippen LogP contribution in [0.3, 0.4) is 0 Å². The smallest absolute Gasteiger partial charge is 0.410 e. The summed E-state index contributed by atoms with van der Waals surface area (Å²) in [5.41, 5.74) is 0.503. The van der Waals surface area contributed by atoms with Crippen molar-refractivity contribution in [3.05, 3.63) is 28.3 Å². The van der Waals surface area contributed by atoms with Crippen LogP contribution >= 0.6 is 0 Å². The number of hydrogen-bond acceptors (Lipinski definition) is 6. The molecule has 0 bridgehead atoms. The summed E-state index contributed by atoms with van der Waals surface area (Å²) in [5.74, 6) is 1.82. The van der Waals surface area contributed by atoms with Crippen molar-refractivity contribution < 1.29 is 19.2 Å². The largest absolute Gasteiger partial charge is 0.494 e. The SMILES string of the molecule is COc1cc([N+](=O)[O-])ccc1N1CCC(C2CCN(C(=O)OC(C)(C)C)CC2)CC1. The molecule has 0 aliphatic carbocycles. The van der Waals surface area contributed by atoms with Gasteiger partial charge in [0.05, 0.1) is 23.8 Å². The highest BCUT2D eigenvalue weighted by molar-refractivity contribution is 5.68. The number of nitro groups is 1. The molecule has 1 aromatic carbocycles. The maximum absolute atomic E-state index is 12.3. The first kappa shape index (κ1) is 22.2. The molecule has 30 heavy (non-hydrogen) atoms. The van der Waals surface area contributed by atoms with E-state index in [1.165, 1.54) is 12.1 Å². The minimum absolute atomic E-state index is 0.0437. The van der Waals surface area contributed by atoms with Crippen LogP contribution in [0.2, 0.25) is 0 Å². The van der Waals surface area contributed by atoms with Crippen molar-refractivity contribution in [3.63, 3.8) is 0 Å². The summed E-state index contributed by atoms with van der Waals surface area (Å²) in [6.07, 6.45) is 3.99. The van der Waals surface area contributed by atoms with Gasteiger partial charge in [-0.1, -0.05) is 0 Å². The quantitative estimate of drug-likeness (QED) is 0.529. The van der Waals surface area contributed by atoms with Crippen LogP contribution in [0.4, 0.5) is 16.2 Å². The molecule has 2 aliphatic rings. The van der Waals surface area contributed by atoms with Crippen LogP contribution in [0, 0.1) is 22.0 Å². The van der Waals surface area contributed by atoms with E-state index in [2.05, 4.69) is 4.90 Å². The van der Waals surface area contributed by atoms with Gasteiger partial charge in [0.25, 0.3) is 5.69 Å². The van der Waals surface area contributed by atoms with Gasteiger partial charge in [-0.15, -0.1) is 0 Å². The zero-order chi connectivity index (χ0) is 21.9. The summed E-state index contributed by atoms with van der Waals surface area (Å²) in [6.45, 7) is 9.02. The monoisotopic (exact) mass is 419 g/mol. The highest BCUT2D eigenvalue weighted by atomic mass is 16.6. The van der Waals surface area contributed by atoms with E-state index in [9.17, 15) is 14.9 Å². The van der Waals surface area contributed by atoms with E-state index in [1.807, 2.05) is 25.7 Å². The summed E-state index contributed by atoms with van der Waals surface area (Å²) in [5, 5.41) is 11.0. The number of carbonyl (C=O) groups excluding carboxylic acids is 1. The molecular formula is C22H33N3O5. The van der Waals surface area contributed by atoms with Gasteiger partial charge in [-0.25, -0.2) is 4.79 Å². The fourth-order valence-electron chi connectivity index (χ4n) is 4.53. The number of ether oxygens (including phenoxy) is 2. The molecule has 8 nitrogen and oxygen atoms in total. The lowest BCUT2D eigenvalue weighted by atomic mass is 9.79. The van der Waals surface area contributed by atoms with E-state index in [-0.39, 0.29) is 11.8 Å². The Kier molecular flexibility index (Phi) is 6.73. The minimum Gasteiger partial charge on any atom is -0.494 e. The van der Waals surface area contributed by atoms with Gasteiger partial charge in [-0.05, 0) is 64.4 Å². The third-order valence-electron chi connectivity index (χ3n) is 6.11. The Morgan fingerprint density at radius 3 is 2.13 bits per heavy atom. The zero-order valence-electron chi connectivity index (χ0n) is 18.4. The number of anilines is 1. The molecule has 2 fully saturated rings. The molecule has 0 spiro atoms. The van der Waals surface area contributed by atoms with Gasteiger partial charge in [0.15, 0.2) is 0 Å². The minimum atomic E-state index is -0.459. The van der Waals surface area contributed by atoms with Gasteiger partial charge >= 0.3 is 6.09 Å². The molecule has 8 heteroatoms. The second-order valence-electron chi connectivity index (χ2n) is 9.24. The van der Waals surface area contributed by atoms with E-state index < -0.39 is 10.5 Å².